The van der Waals surface area contributed by atoms with Gasteiger partial charge in [0.2, 0.25) is 5.16 Å². The standard InChI is InChI=1S/C22H22N8O8S5/c31-18(15(14-4-2-8-40-14)27-38-9-11-3-1-7-39-11)24-16-19(32)30-17(21(33)34)12(10-41-20(16)30)13(5-6-23-43(35,36)37)42-22-25-28-29-26-22/h1-4,7-8,13,16,20,23H,5-6,9-10H2,(H,24,31)(H,33,34)(H,35,36,37)(H,25,26,28,29)/t13?,16?,20-/m0/s1. The van der Waals surface area contributed by atoms with Crippen LogP contribution in [0.5, 0.6) is 0 Å². The normalized spacial score (nSPS) is 19.5. The highest BCUT2D eigenvalue weighted by Gasteiger charge is 2.55. The second kappa shape index (κ2) is 13.5. The monoisotopic (exact) mass is 686 g/mol. The molecule has 0 bridgehead atoms. The number of H-pyrrole nitrogens is 1. The van der Waals surface area contributed by atoms with Crippen molar-refractivity contribution in [2.24, 2.45) is 5.16 Å². The fourth-order valence-corrected chi connectivity index (χ4v) is 8.46. The topological polar surface area (TPSA) is 229 Å². The van der Waals surface area contributed by atoms with E-state index in [9.17, 15) is 27.9 Å². The first-order chi connectivity index (χ1) is 20.6. The summed E-state index contributed by atoms with van der Waals surface area (Å²) in [5.41, 5.74) is 0.0347. The summed E-state index contributed by atoms with van der Waals surface area (Å²) in [6.07, 6.45) is 0.0385. The molecule has 0 aromatic carbocycles. The van der Waals surface area contributed by atoms with Crippen molar-refractivity contribution < 1.29 is 37.3 Å². The number of hydrogen-bond acceptors (Lipinski definition) is 14. The molecule has 2 aliphatic heterocycles. The van der Waals surface area contributed by atoms with Crippen molar-refractivity contribution in [3.63, 3.8) is 0 Å². The van der Waals surface area contributed by atoms with Crippen molar-refractivity contribution in [3.05, 3.63) is 56.1 Å². The summed E-state index contributed by atoms with van der Waals surface area (Å²) in [6, 6.07) is 6.14. The predicted octanol–water partition coefficient (Wildman–Crippen LogP) is 0.926. The predicted molar refractivity (Wildman–Crippen MR) is 158 cm³/mol. The van der Waals surface area contributed by atoms with Gasteiger partial charge in [-0.15, -0.1) is 39.5 Å². The first kappa shape index (κ1) is 31.1. The Balaban J connectivity index is 1.34. The fourth-order valence-electron chi connectivity index (χ4n) is 4.22. The zero-order chi connectivity index (χ0) is 30.6. The SMILES string of the molecule is O=C(O)C1=C(C(CCNS(=O)(=O)O)Sc2nnn[nH]2)CS[C@H]2C(NC(=O)C(=NOCc3cccs3)c3cccs3)C(=O)N12. The Kier molecular flexibility index (Phi) is 9.78. The van der Waals surface area contributed by atoms with Crippen LogP contribution < -0.4 is 10.0 Å². The molecule has 5 N–H and O–H groups in total. The molecule has 0 radical (unpaired) electrons. The highest BCUT2D eigenvalue weighted by atomic mass is 32.2. The van der Waals surface area contributed by atoms with Gasteiger partial charge in [0.05, 0.1) is 4.88 Å². The van der Waals surface area contributed by atoms with E-state index in [1.807, 2.05) is 22.2 Å². The summed E-state index contributed by atoms with van der Waals surface area (Å²) in [7, 11) is -4.49. The lowest BCUT2D eigenvalue weighted by Gasteiger charge is -2.50. The Bertz CT molecular complexity index is 1630. The minimum absolute atomic E-state index is 0.0169. The zero-order valence-corrected chi connectivity index (χ0v) is 25.7. The number of β-lactam (4-membered cyclic amide) rings is 1. The van der Waals surface area contributed by atoms with Gasteiger partial charge in [-0.05, 0) is 45.3 Å². The maximum absolute atomic E-state index is 13.3. The van der Waals surface area contributed by atoms with E-state index in [-0.39, 0.29) is 41.9 Å². The summed E-state index contributed by atoms with van der Waals surface area (Å²) >= 11 is 5.03. The van der Waals surface area contributed by atoms with Gasteiger partial charge in [0.1, 0.15) is 17.1 Å². The molecule has 1 saturated heterocycles. The number of fused-ring (bicyclic) bond motifs is 1. The molecule has 3 aromatic heterocycles. The largest absolute Gasteiger partial charge is 0.477 e. The van der Waals surface area contributed by atoms with E-state index in [1.54, 1.807) is 17.5 Å². The number of aromatic amines is 1. The van der Waals surface area contributed by atoms with Gasteiger partial charge in [-0.2, -0.15) is 13.1 Å². The van der Waals surface area contributed by atoms with Gasteiger partial charge in [0.25, 0.3) is 11.8 Å². The molecule has 21 heteroatoms. The zero-order valence-electron chi connectivity index (χ0n) is 21.6. The number of amides is 2. The Morgan fingerprint density at radius 3 is 2.72 bits per heavy atom. The van der Waals surface area contributed by atoms with Gasteiger partial charge < -0.3 is 15.3 Å². The van der Waals surface area contributed by atoms with Crippen molar-refractivity contribution >= 4 is 80.0 Å². The van der Waals surface area contributed by atoms with Crippen LogP contribution in [0.25, 0.3) is 0 Å². The molecule has 2 aliphatic rings. The number of tetrazole rings is 1. The lowest BCUT2D eigenvalue weighted by atomic mass is 10.00. The Labute approximate surface area is 260 Å². The van der Waals surface area contributed by atoms with Crippen molar-refractivity contribution in [1.29, 1.82) is 0 Å². The number of oxime groups is 1. The number of aromatic nitrogens is 4. The number of thioether (sulfide) groups is 2. The molecule has 5 heterocycles. The average molecular weight is 687 g/mol. The van der Waals surface area contributed by atoms with E-state index in [0.29, 0.717) is 10.5 Å². The van der Waals surface area contributed by atoms with Crippen LogP contribution in [0.3, 0.4) is 0 Å². The number of carbonyl (C=O) groups is 3. The van der Waals surface area contributed by atoms with Gasteiger partial charge in [-0.3, -0.25) is 19.0 Å². The van der Waals surface area contributed by atoms with Gasteiger partial charge >= 0.3 is 16.3 Å². The van der Waals surface area contributed by atoms with Crippen molar-refractivity contribution in [2.45, 2.75) is 34.8 Å². The first-order valence-corrected chi connectivity index (χ1v) is 17.4. The van der Waals surface area contributed by atoms with Crippen molar-refractivity contribution in [1.82, 2.24) is 35.6 Å². The molecule has 3 aromatic rings. The minimum Gasteiger partial charge on any atom is -0.477 e. The summed E-state index contributed by atoms with van der Waals surface area (Å²) in [5.74, 6) is -2.51. The van der Waals surface area contributed by atoms with Crippen LogP contribution >= 0.6 is 46.2 Å². The second-order valence-corrected chi connectivity index (χ2v) is 14.3. The molecule has 0 saturated carbocycles. The number of carboxylic acid groups (broad SMARTS) is 1. The highest BCUT2D eigenvalue weighted by molar-refractivity contribution is 8.01. The number of aliphatic carboxylic acids is 1. The quantitative estimate of drug-likeness (QED) is 0.0523. The van der Waals surface area contributed by atoms with E-state index in [4.69, 9.17) is 9.39 Å². The van der Waals surface area contributed by atoms with Gasteiger partial charge in [0.15, 0.2) is 12.3 Å². The number of carboxylic acids is 1. The van der Waals surface area contributed by atoms with E-state index in [1.165, 1.54) is 34.4 Å². The summed E-state index contributed by atoms with van der Waals surface area (Å²) in [4.78, 5) is 47.0. The molecule has 0 spiro atoms. The number of hydrogen-bond donors (Lipinski definition) is 5. The van der Waals surface area contributed by atoms with Gasteiger partial charge in [0, 0.05) is 22.4 Å². The molecule has 5 rings (SSSR count). The highest BCUT2D eigenvalue weighted by Crippen LogP contribution is 2.44. The lowest BCUT2D eigenvalue weighted by Crippen LogP contribution is -2.71. The third kappa shape index (κ3) is 7.42. The smallest absolute Gasteiger partial charge is 0.352 e. The van der Waals surface area contributed by atoms with Crippen LogP contribution in [0.15, 0.2) is 56.6 Å². The van der Waals surface area contributed by atoms with Crippen LogP contribution in [0.4, 0.5) is 0 Å². The van der Waals surface area contributed by atoms with Crippen LogP contribution in [-0.4, -0.2) is 96.1 Å². The summed E-state index contributed by atoms with van der Waals surface area (Å²) in [5, 5.41) is 32.7. The van der Waals surface area contributed by atoms with Crippen LogP contribution in [-0.2, 0) is 36.1 Å². The Hall–Kier alpha value is -3.34. The molecular weight excluding hydrogens is 665 g/mol. The third-order valence-corrected chi connectivity index (χ3v) is 10.9. The molecule has 3 atom stereocenters. The van der Waals surface area contributed by atoms with Crippen LogP contribution in [0.1, 0.15) is 16.2 Å². The number of nitrogens with zero attached hydrogens (tertiary/aromatic N) is 5. The van der Waals surface area contributed by atoms with Gasteiger partial charge in [-0.25, -0.2) is 9.89 Å². The van der Waals surface area contributed by atoms with E-state index >= 15 is 0 Å². The van der Waals surface area contributed by atoms with E-state index in [0.717, 1.165) is 21.5 Å². The van der Waals surface area contributed by atoms with Gasteiger partial charge in [-0.1, -0.05) is 29.1 Å². The maximum Gasteiger partial charge on any atom is 0.352 e. The second-order valence-electron chi connectivity index (χ2n) is 8.78. The first-order valence-electron chi connectivity index (χ1n) is 12.2. The molecule has 228 valence electrons. The van der Waals surface area contributed by atoms with E-state index in [2.05, 4.69) is 31.1 Å². The number of rotatable bonds is 14. The fraction of sp³-hybridized carbons (Fsp3) is 0.318. The molecular formula is C22H22N8O8S5. The molecule has 43 heavy (non-hydrogen) atoms. The molecule has 2 unspecified atom stereocenters. The molecule has 0 aliphatic carbocycles. The number of carbonyl (C=O) groups excluding carboxylic acids is 2. The average Bonchev–Trinajstić information content (AvgIpc) is 3.76. The molecule has 1 fully saturated rings. The number of thiophene rings is 2. The summed E-state index contributed by atoms with van der Waals surface area (Å²) < 4.78 is 33.4. The van der Waals surface area contributed by atoms with Crippen molar-refractivity contribution in [3.8, 4) is 0 Å². The Morgan fingerprint density at radius 2 is 2.07 bits per heavy atom. The molecule has 2 amide bonds. The van der Waals surface area contributed by atoms with Crippen LogP contribution in [0, 0.1) is 0 Å². The Morgan fingerprint density at radius 1 is 1.28 bits per heavy atom. The van der Waals surface area contributed by atoms with Crippen molar-refractivity contribution in [2.75, 3.05) is 12.3 Å². The van der Waals surface area contributed by atoms with E-state index < -0.39 is 44.8 Å². The summed E-state index contributed by atoms with van der Waals surface area (Å²) in [6.45, 7) is -0.0678. The maximum atomic E-state index is 13.3. The minimum atomic E-state index is -4.49. The lowest BCUT2D eigenvalue weighted by molar-refractivity contribution is -0.150. The number of nitrogens with one attached hydrogen (secondary N) is 3. The molecule has 16 nitrogen and oxygen atoms in total. The van der Waals surface area contributed by atoms with Crippen LogP contribution in [0.2, 0.25) is 0 Å². The third-order valence-electron chi connectivity index (χ3n) is 6.06.